The molecule has 20 heavy (non-hydrogen) atoms. The minimum atomic E-state index is -0.342. The van der Waals surface area contributed by atoms with Gasteiger partial charge in [-0.1, -0.05) is 17.7 Å². The summed E-state index contributed by atoms with van der Waals surface area (Å²) >= 11 is 6.08. The molecule has 1 saturated heterocycles. The molecular weight excluding hydrogens is 285 g/mol. The fourth-order valence-corrected chi connectivity index (χ4v) is 2.56. The average Bonchev–Trinajstić information content (AvgIpc) is 2.45. The van der Waals surface area contributed by atoms with Gasteiger partial charge in [0.15, 0.2) is 6.29 Å². The van der Waals surface area contributed by atoms with Gasteiger partial charge < -0.3 is 14.2 Å². The van der Waals surface area contributed by atoms with Gasteiger partial charge in [-0.25, -0.2) is 4.39 Å². The Hall–Kier alpha value is -0.720. The molecule has 1 aromatic carbocycles. The Labute approximate surface area is 123 Å². The van der Waals surface area contributed by atoms with Crippen LogP contribution in [0.15, 0.2) is 18.2 Å². The molecule has 2 rings (SSSR count). The Morgan fingerprint density at radius 1 is 1.45 bits per heavy atom. The Morgan fingerprint density at radius 3 is 2.85 bits per heavy atom. The van der Waals surface area contributed by atoms with Gasteiger partial charge in [0.25, 0.3) is 0 Å². The highest BCUT2D eigenvalue weighted by atomic mass is 35.5. The normalized spacial score (nSPS) is 20.6. The molecule has 4 nitrogen and oxygen atoms in total. The summed E-state index contributed by atoms with van der Waals surface area (Å²) in [6, 6.07) is 4.39. The van der Waals surface area contributed by atoms with Gasteiger partial charge in [-0.15, -0.1) is 0 Å². The first-order valence-electron chi connectivity index (χ1n) is 6.48. The minimum Gasteiger partial charge on any atom is -0.371 e. The summed E-state index contributed by atoms with van der Waals surface area (Å²) in [5.41, 5.74) is 0.809. The molecule has 0 bridgehead atoms. The maximum absolute atomic E-state index is 13.1. The van der Waals surface area contributed by atoms with Crippen molar-refractivity contribution in [2.75, 3.05) is 40.5 Å². The lowest BCUT2D eigenvalue weighted by Gasteiger charge is -2.34. The molecule has 1 heterocycles. The maximum atomic E-state index is 13.1. The molecule has 0 aromatic heterocycles. The monoisotopic (exact) mass is 303 g/mol. The Balaban J connectivity index is 2.02. The van der Waals surface area contributed by atoms with E-state index in [1.165, 1.54) is 12.1 Å². The number of hydrogen-bond donors (Lipinski definition) is 0. The van der Waals surface area contributed by atoms with E-state index in [2.05, 4.69) is 4.90 Å². The van der Waals surface area contributed by atoms with Crippen LogP contribution in [-0.2, 0) is 14.2 Å². The van der Waals surface area contributed by atoms with Crippen LogP contribution in [0, 0.1) is 5.82 Å². The van der Waals surface area contributed by atoms with Crippen molar-refractivity contribution in [1.82, 2.24) is 4.90 Å². The lowest BCUT2D eigenvalue weighted by Crippen LogP contribution is -2.43. The van der Waals surface area contributed by atoms with Gasteiger partial charge in [0.1, 0.15) is 5.82 Å². The van der Waals surface area contributed by atoms with E-state index >= 15 is 0 Å². The summed E-state index contributed by atoms with van der Waals surface area (Å²) in [5, 5.41) is 0.395. The molecule has 0 spiro atoms. The third kappa shape index (κ3) is 3.90. The highest BCUT2D eigenvalue weighted by molar-refractivity contribution is 6.31. The molecule has 112 valence electrons. The predicted octanol–water partition coefficient (Wildman–Crippen LogP) is 2.47. The van der Waals surface area contributed by atoms with Gasteiger partial charge in [0.05, 0.1) is 12.7 Å². The Bertz CT molecular complexity index is 442. The molecule has 1 unspecified atom stereocenters. The topological polar surface area (TPSA) is 30.9 Å². The second-order valence-electron chi connectivity index (χ2n) is 4.69. The lowest BCUT2D eigenvalue weighted by molar-refractivity contribution is -0.131. The van der Waals surface area contributed by atoms with E-state index in [9.17, 15) is 4.39 Å². The zero-order chi connectivity index (χ0) is 14.5. The summed E-state index contributed by atoms with van der Waals surface area (Å²) in [5.74, 6) is -0.342. The summed E-state index contributed by atoms with van der Waals surface area (Å²) in [4.78, 5) is 2.19. The van der Waals surface area contributed by atoms with E-state index in [0.29, 0.717) is 24.7 Å². The van der Waals surface area contributed by atoms with E-state index in [0.717, 1.165) is 12.1 Å². The van der Waals surface area contributed by atoms with Crippen LogP contribution in [0.25, 0.3) is 0 Å². The summed E-state index contributed by atoms with van der Waals surface area (Å²) in [7, 11) is 3.23. The molecule has 1 aromatic rings. The van der Waals surface area contributed by atoms with Crippen LogP contribution in [0.5, 0.6) is 0 Å². The average molecular weight is 304 g/mol. The van der Waals surface area contributed by atoms with Gasteiger partial charge in [-0.3, -0.25) is 4.90 Å². The van der Waals surface area contributed by atoms with Gasteiger partial charge in [0, 0.05) is 44.4 Å². The first-order valence-corrected chi connectivity index (χ1v) is 6.86. The van der Waals surface area contributed by atoms with Crippen LogP contribution in [0.4, 0.5) is 4.39 Å². The first kappa shape index (κ1) is 15.7. The molecule has 1 fully saturated rings. The van der Waals surface area contributed by atoms with E-state index < -0.39 is 0 Å². The van der Waals surface area contributed by atoms with Crippen molar-refractivity contribution in [1.29, 1.82) is 0 Å². The van der Waals surface area contributed by atoms with E-state index in [-0.39, 0.29) is 18.2 Å². The third-order valence-corrected chi connectivity index (χ3v) is 3.72. The molecular formula is C14H19ClFNO3. The largest absolute Gasteiger partial charge is 0.371 e. The molecule has 1 aliphatic rings. The molecule has 0 amide bonds. The molecule has 0 aliphatic carbocycles. The predicted molar refractivity (Wildman–Crippen MR) is 74.3 cm³/mol. The highest BCUT2D eigenvalue weighted by Crippen LogP contribution is 2.29. The van der Waals surface area contributed by atoms with Gasteiger partial charge in [-0.2, -0.15) is 0 Å². The fraction of sp³-hybridized carbons (Fsp3) is 0.571. The smallest absolute Gasteiger partial charge is 0.169 e. The van der Waals surface area contributed by atoms with Gasteiger partial charge in [0.2, 0.25) is 0 Å². The van der Waals surface area contributed by atoms with Crippen molar-refractivity contribution in [3.05, 3.63) is 34.6 Å². The zero-order valence-electron chi connectivity index (χ0n) is 11.6. The molecule has 0 radical (unpaired) electrons. The lowest BCUT2D eigenvalue weighted by atomic mass is 10.1. The fourth-order valence-electron chi connectivity index (χ4n) is 2.28. The Morgan fingerprint density at radius 2 is 2.20 bits per heavy atom. The summed E-state index contributed by atoms with van der Waals surface area (Å²) < 4.78 is 29.2. The van der Waals surface area contributed by atoms with Gasteiger partial charge >= 0.3 is 0 Å². The van der Waals surface area contributed by atoms with Crippen molar-refractivity contribution in [2.45, 2.75) is 12.4 Å². The van der Waals surface area contributed by atoms with Crippen LogP contribution < -0.4 is 0 Å². The second kappa shape index (κ2) is 7.33. The van der Waals surface area contributed by atoms with Crippen molar-refractivity contribution in [3.63, 3.8) is 0 Å². The van der Waals surface area contributed by atoms with Crippen molar-refractivity contribution in [3.8, 4) is 0 Å². The summed E-state index contributed by atoms with van der Waals surface area (Å²) in [6.45, 7) is 2.73. The van der Waals surface area contributed by atoms with Crippen LogP contribution in [0.3, 0.4) is 0 Å². The molecule has 6 heteroatoms. The van der Waals surface area contributed by atoms with E-state index in [1.54, 1.807) is 20.3 Å². The Kier molecular flexibility index (Phi) is 5.74. The van der Waals surface area contributed by atoms with Crippen molar-refractivity contribution in [2.24, 2.45) is 0 Å². The number of benzene rings is 1. The number of methoxy groups -OCH3 is 2. The molecule has 0 N–H and O–H groups in total. The number of halogens is 2. The van der Waals surface area contributed by atoms with Crippen LogP contribution >= 0.6 is 11.6 Å². The molecule has 1 atom stereocenters. The number of ether oxygens (including phenoxy) is 3. The van der Waals surface area contributed by atoms with E-state index in [4.69, 9.17) is 25.8 Å². The van der Waals surface area contributed by atoms with Gasteiger partial charge in [-0.05, 0) is 12.1 Å². The van der Waals surface area contributed by atoms with Crippen molar-refractivity contribution < 1.29 is 18.6 Å². The summed E-state index contributed by atoms with van der Waals surface area (Å²) in [6.07, 6.45) is -0.427. The molecule has 0 saturated carbocycles. The standard InChI is InChI=1S/C14H19ClFNO3/c1-18-14(19-2)9-17-5-6-20-13(8-17)11-4-3-10(16)7-12(11)15/h3-4,7,13-14H,5-6,8-9H2,1-2H3. The van der Waals surface area contributed by atoms with Crippen LogP contribution in [0.1, 0.15) is 11.7 Å². The highest BCUT2D eigenvalue weighted by Gasteiger charge is 2.25. The number of morpholine rings is 1. The number of hydrogen-bond acceptors (Lipinski definition) is 4. The zero-order valence-corrected chi connectivity index (χ0v) is 12.4. The van der Waals surface area contributed by atoms with Crippen LogP contribution in [0.2, 0.25) is 5.02 Å². The first-order chi connectivity index (χ1) is 9.63. The maximum Gasteiger partial charge on any atom is 0.169 e. The third-order valence-electron chi connectivity index (χ3n) is 3.39. The quantitative estimate of drug-likeness (QED) is 0.782. The van der Waals surface area contributed by atoms with Crippen molar-refractivity contribution >= 4 is 11.6 Å². The second-order valence-corrected chi connectivity index (χ2v) is 5.09. The minimum absolute atomic E-state index is 0.161. The van der Waals surface area contributed by atoms with Crippen LogP contribution in [-0.4, -0.2) is 51.7 Å². The molecule has 1 aliphatic heterocycles. The number of nitrogens with zero attached hydrogens (tertiary/aromatic N) is 1. The SMILES string of the molecule is COC(CN1CCOC(c2ccc(F)cc2Cl)C1)OC. The number of rotatable bonds is 5. The van der Waals surface area contributed by atoms with E-state index in [1.807, 2.05) is 0 Å².